The van der Waals surface area contributed by atoms with Gasteiger partial charge in [0.15, 0.2) is 5.13 Å². The fraction of sp³-hybridized carbons (Fsp3) is 0.667. The maximum Gasteiger partial charge on any atom is 0.227 e. The zero-order chi connectivity index (χ0) is 12.3. The Morgan fingerprint density at radius 3 is 3.18 bits per heavy atom. The monoisotopic (exact) mass is 253 g/mol. The predicted molar refractivity (Wildman–Crippen MR) is 70.5 cm³/mol. The SMILES string of the molecule is CNCCC(=O)Nc1nc2c(s1)CC(C)CC2. The first-order valence-electron chi connectivity index (χ1n) is 6.12. The Balaban J connectivity index is 1.96. The summed E-state index contributed by atoms with van der Waals surface area (Å²) >= 11 is 1.64. The number of nitrogens with one attached hydrogen (secondary N) is 2. The van der Waals surface area contributed by atoms with Crippen LogP contribution >= 0.6 is 11.3 Å². The Labute approximate surface area is 106 Å². The van der Waals surface area contributed by atoms with Gasteiger partial charge in [0.2, 0.25) is 5.91 Å². The number of anilines is 1. The average Bonchev–Trinajstić information content (AvgIpc) is 2.67. The molecular formula is C12H19N3OS. The summed E-state index contributed by atoms with van der Waals surface area (Å²) < 4.78 is 0. The number of thiazole rings is 1. The number of fused-ring (bicyclic) bond motifs is 1. The minimum absolute atomic E-state index is 0.0403. The first-order valence-corrected chi connectivity index (χ1v) is 6.93. The summed E-state index contributed by atoms with van der Waals surface area (Å²) in [7, 11) is 1.84. The predicted octanol–water partition coefficient (Wildman–Crippen LogP) is 1.82. The first kappa shape index (κ1) is 12.5. The van der Waals surface area contributed by atoms with Gasteiger partial charge in [0, 0.05) is 17.8 Å². The van der Waals surface area contributed by atoms with Gasteiger partial charge in [0.25, 0.3) is 0 Å². The van der Waals surface area contributed by atoms with Crippen LogP contribution in [0.5, 0.6) is 0 Å². The Morgan fingerprint density at radius 1 is 1.59 bits per heavy atom. The summed E-state index contributed by atoms with van der Waals surface area (Å²) in [5.41, 5.74) is 1.19. The van der Waals surface area contributed by atoms with E-state index in [2.05, 4.69) is 22.5 Å². The highest BCUT2D eigenvalue weighted by Gasteiger charge is 2.20. The summed E-state index contributed by atoms with van der Waals surface area (Å²) in [5, 5.41) is 6.61. The topological polar surface area (TPSA) is 54.0 Å². The fourth-order valence-electron chi connectivity index (χ4n) is 2.01. The van der Waals surface area contributed by atoms with Crippen molar-refractivity contribution in [3.8, 4) is 0 Å². The molecule has 2 rings (SSSR count). The molecule has 2 N–H and O–H groups in total. The van der Waals surface area contributed by atoms with Crippen molar-refractivity contribution in [1.29, 1.82) is 0 Å². The minimum atomic E-state index is 0.0403. The molecule has 0 spiro atoms. The molecule has 1 aliphatic carbocycles. The van der Waals surface area contributed by atoms with Crippen LogP contribution in [0.1, 0.15) is 30.3 Å². The van der Waals surface area contributed by atoms with Gasteiger partial charge in [-0.2, -0.15) is 0 Å². The van der Waals surface area contributed by atoms with E-state index in [9.17, 15) is 4.79 Å². The van der Waals surface area contributed by atoms with Crippen LogP contribution < -0.4 is 10.6 Å². The number of aryl methyl sites for hydroxylation is 1. The number of hydrogen-bond donors (Lipinski definition) is 2. The minimum Gasteiger partial charge on any atom is -0.319 e. The van der Waals surface area contributed by atoms with Gasteiger partial charge in [-0.3, -0.25) is 4.79 Å². The third-order valence-corrected chi connectivity index (χ3v) is 4.07. The Bertz CT molecular complexity index is 402. The Kier molecular flexibility index (Phi) is 4.12. The zero-order valence-corrected chi connectivity index (χ0v) is 11.2. The van der Waals surface area contributed by atoms with Crippen molar-refractivity contribution in [3.63, 3.8) is 0 Å². The molecule has 0 bridgehead atoms. The second kappa shape index (κ2) is 5.60. The maximum atomic E-state index is 11.6. The van der Waals surface area contributed by atoms with E-state index in [1.54, 1.807) is 11.3 Å². The van der Waals surface area contributed by atoms with Crippen LogP contribution in [0.15, 0.2) is 0 Å². The largest absolute Gasteiger partial charge is 0.319 e. The van der Waals surface area contributed by atoms with Crippen molar-refractivity contribution < 1.29 is 4.79 Å². The van der Waals surface area contributed by atoms with Gasteiger partial charge >= 0.3 is 0 Å². The fourth-order valence-corrected chi connectivity index (χ4v) is 3.20. The maximum absolute atomic E-state index is 11.6. The number of hydrogen-bond acceptors (Lipinski definition) is 4. The molecule has 0 aliphatic heterocycles. The third kappa shape index (κ3) is 3.26. The van der Waals surface area contributed by atoms with Crippen LogP contribution in [-0.2, 0) is 17.6 Å². The summed E-state index contributed by atoms with van der Waals surface area (Å²) in [6.07, 6.45) is 3.87. The molecule has 1 aliphatic rings. The third-order valence-electron chi connectivity index (χ3n) is 3.03. The molecule has 1 heterocycles. The van der Waals surface area contributed by atoms with E-state index >= 15 is 0 Å². The Hall–Kier alpha value is -0.940. The molecule has 0 saturated heterocycles. The average molecular weight is 253 g/mol. The van der Waals surface area contributed by atoms with Gasteiger partial charge < -0.3 is 10.6 Å². The van der Waals surface area contributed by atoms with Crippen LogP contribution in [0.25, 0.3) is 0 Å². The van der Waals surface area contributed by atoms with Crippen molar-refractivity contribution in [3.05, 3.63) is 10.6 Å². The van der Waals surface area contributed by atoms with E-state index in [-0.39, 0.29) is 5.91 Å². The van der Waals surface area contributed by atoms with Crippen molar-refractivity contribution in [2.45, 2.75) is 32.6 Å². The first-order chi connectivity index (χ1) is 8.19. The van der Waals surface area contributed by atoms with Gasteiger partial charge in [-0.15, -0.1) is 11.3 Å². The number of nitrogens with zero attached hydrogens (tertiary/aromatic N) is 1. The van der Waals surface area contributed by atoms with Gasteiger partial charge in [0.1, 0.15) is 0 Å². The normalized spacial score (nSPS) is 18.8. The van der Waals surface area contributed by atoms with Crippen LogP contribution in [0.3, 0.4) is 0 Å². The molecule has 1 unspecified atom stereocenters. The lowest BCUT2D eigenvalue weighted by Gasteiger charge is -2.15. The molecule has 94 valence electrons. The van der Waals surface area contributed by atoms with E-state index in [1.165, 1.54) is 17.0 Å². The summed E-state index contributed by atoms with van der Waals surface area (Å²) in [6.45, 7) is 2.97. The van der Waals surface area contributed by atoms with Crippen LogP contribution in [0.4, 0.5) is 5.13 Å². The lowest BCUT2D eigenvalue weighted by atomic mass is 9.93. The van der Waals surface area contributed by atoms with Crippen molar-refractivity contribution >= 4 is 22.4 Å². The van der Waals surface area contributed by atoms with E-state index < -0.39 is 0 Å². The molecule has 0 saturated carbocycles. The zero-order valence-electron chi connectivity index (χ0n) is 10.4. The van der Waals surface area contributed by atoms with Crippen molar-refractivity contribution in [2.75, 3.05) is 18.9 Å². The summed E-state index contributed by atoms with van der Waals surface area (Å²) in [5.74, 6) is 0.786. The molecule has 1 atom stereocenters. The van der Waals surface area contributed by atoms with E-state index in [1.807, 2.05) is 7.05 Å². The van der Waals surface area contributed by atoms with Gasteiger partial charge in [-0.1, -0.05) is 6.92 Å². The number of amides is 1. The van der Waals surface area contributed by atoms with Gasteiger partial charge in [-0.25, -0.2) is 4.98 Å². The van der Waals surface area contributed by atoms with Crippen LogP contribution in [0, 0.1) is 5.92 Å². The quantitative estimate of drug-likeness (QED) is 0.860. The van der Waals surface area contributed by atoms with Gasteiger partial charge in [-0.05, 0) is 32.2 Å². The number of carbonyl (C=O) groups is 1. The molecule has 0 aromatic carbocycles. The van der Waals surface area contributed by atoms with Crippen LogP contribution in [-0.4, -0.2) is 24.5 Å². The van der Waals surface area contributed by atoms with E-state index in [0.29, 0.717) is 13.0 Å². The highest BCUT2D eigenvalue weighted by Crippen LogP contribution is 2.31. The lowest BCUT2D eigenvalue weighted by molar-refractivity contribution is -0.116. The smallest absolute Gasteiger partial charge is 0.227 e. The summed E-state index contributed by atoms with van der Waals surface area (Å²) in [4.78, 5) is 17.4. The van der Waals surface area contributed by atoms with Gasteiger partial charge in [0.05, 0.1) is 5.69 Å². The lowest BCUT2D eigenvalue weighted by Crippen LogP contribution is -2.18. The molecule has 0 radical (unpaired) electrons. The van der Waals surface area contributed by atoms with Crippen molar-refractivity contribution in [2.24, 2.45) is 5.92 Å². The van der Waals surface area contributed by atoms with E-state index in [4.69, 9.17) is 0 Å². The number of carbonyl (C=O) groups excluding carboxylic acids is 1. The van der Waals surface area contributed by atoms with Crippen molar-refractivity contribution in [1.82, 2.24) is 10.3 Å². The van der Waals surface area contributed by atoms with Crippen LogP contribution in [0.2, 0.25) is 0 Å². The molecule has 5 heteroatoms. The second-order valence-electron chi connectivity index (χ2n) is 4.64. The molecule has 1 aromatic heterocycles. The molecule has 4 nitrogen and oxygen atoms in total. The van der Waals surface area contributed by atoms with E-state index in [0.717, 1.165) is 23.9 Å². The number of rotatable bonds is 4. The standard InChI is InChI=1S/C12H19N3OS/c1-8-3-4-9-10(7-8)17-12(14-9)15-11(16)5-6-13-2/h8,13H,3-7H2,1-2H3,(H,14,15,16). The molecule has 17 heavy (non-hydrogen) atoms. The highest BCUT2D eigenvalue weighted by molar-refractivity contribution is 7.15. The second-order valence-corrected chi connectivity index (χ2v) is 5.72. The molecule has 0 fully saturated rings. The molecule has 1 aromatic rings. The number of aromatic nitrogens is 1. The molecule has 1 amide bonds. The summed E-state index contributed by atoms with van der Waals surface area (Å²) in [6, 6.07) is 0. The highest BCUT2D eigenvalue weighted by atomic mass is 32.1. The Morgan fingerprint density at radius 2 is 2.41 bits per heavy atom. The molecular weight excluding hydrogens is 234 g/mol.